The number of amides is 4. The van der Waals surface area contributed by atoms with Gasteiger partial charge in [-0.25, -0.2) is 22.0 Å². The summed E-state index contributed by atoms with van der Waals surface area (Å²) in [4.78, 5) is 64.4. The monoisotopic (exact) mass is 814 g/mol. The second kappa shape index (κ2) is 14.8. The number of amidine groups is 1. The van der Waals surface area contributed by atoms with Crippen molar-refractivity contribution in [2.24, 2.45) is 34.1 Å². The zero-order valence-corrected chi connectivity index (χ0v) is 33.3. The molecule has 57 heavy (non-hydrogen) atoms. The molecule has 3 N–H and O–H groups in total. The summed E-state index contributed by atoms with van der Waals surface area (Å²) < 4.78 is 68.4. The van der Waals surface area contributed by atoms with Crippen LogP contribution in [-0.4, -0.2) is 103 Å². The van der Waals surface area contributed by atoms with E-state index in [2.05, 4.69) is 22.8 Å². The van der Waals surface area contributed by atoms with Gasteiger partial charge in [0.25, 0.3) is 11.9 Å². The molecular weight excluding hydrogens is 763 g/mol. The first-order chi connectivity index (χ1) is 27.0. The molecule has 0 radical (unpaired) electrons. The number of alkyl carbamates (subject to hydrolysis) is 1. The third-order valence-corrected chi connectivity index (χ3v) is 14.7. The van der Waals surface area contributed by atoms with Crippen LogP contribution >= 0.6 is 0 Å². The van der Waals surface area contributed by atoms with E-state index in [1.165, 1.54) is 4.90 Å². The minimum Gasteiger partial charge on any atom is -0.460 e. The molecule has 17 heteroatoms. The Labute approximate surface area is 331 Å². The van der Waals surface area contributed by atoms with Crippen molar-refractivity contribution in [3.05, 3.63) is 42.0 Å². The highest BCUT2D eigenvalue weighted by atomic mass is 32.2. The average Bonchev–Trinajstić information content (AvgIpc) is 4.05. The standard InChI is InChI=1S/C40H52F2N6O8S/c1-39(2,3)32-35(50)48-21-24(18-30(48)34(49)45-40(19-28(40)33(41)42)36(51)46-57(53,54)25-13-14-25)55-37-43-29-11-7-6-9-23(29)20-47(37)16-8-4-5-10-27-26-15-12-22(26)17-31(27)56-38(52)44-32/h6-7,9,11-12,15,22,24-28,30-33H,4-5,8,10,13-14,16-21H2,1-3H3,(H,44,52)(H,45,49)(H,46,51). The fourth-order valence-corrected chi connectivity index (χ4v) is 10.7. The van der Waals surface area contributed by atoms with Gasteiger partial charge in [-0.1, -0.05) is 64.0 Å². The number of hydrogen-bond acceptors (Lipinski definition) is 10. The van der Waals surface area contributed by atoms with E-state index in [0.29, 0.717) is 50.2 Å². The second-order valence-corrected chi connectivity index (χ2v) is 19.9. The van der Waals surface area contributed by atoms with Gasteiger partial charge in [-0.3, -0.25) is 19.1 Å². The number of carbonyl (C=O) groups is 4. The Morgan fingerprint density at radius 1 is 1.04 bits per heavy atom. The minimum atomic E-state index is -4.12. The van der Waals surface area contributed by atoms with Crippen LogP contribution in [0.5, 0.6) is 0 Å². The Balaban J connectivity index is 1.10. The van der Waals surface area contributed by atoms with Gasteiger partial charge in [-0.05, 0) is 67.4 Å². The predicted molar refractivity (Wildman–Crippen MR) is 203 cm³/mol. The lowest BCUT2D eigenvalue weighted by molar-refractivity contribution is -0.143. The average molecular weight is 815 g/mol. The van der Waals surface area contributed by atoms with E-state index in [4.69, 9.17) is 14.5 Å². The SMILES string of the molecule is CC(C)(C)C1NC(=O)OC2CC3C=CC3C2CCCCCN2Cc3ccccc3N=C2OC2CC(C(=O)NC3(C(=O)NS(=O)(=O)C4CC4)CC3C(F)F)N(C2)C1=O. The molecule has 310 valence electrons. The molecule has 2 bridgehead atoms. The van der Waals surface area contributed by atoms with Crippen LogP contribution < -0.4 is 15.4 Å². The second-order valence-electron chi connectivity index (χ2n) is 18.0. The topological polar surface area (TPSA) is 176 Å². The highest BCUT2D eigenvalue weighted by Gasteiger charge is 2.67. The number of alkyl halides is 2. The molecule has 0 spiro atoms. The molecule has 3 heterocycles. The quantitative estimate of drug-likeness (QED) is 0.357. The van der Waals surface area contributed by atoms with Crippen LogP contribution in [0.3, 0.4) is 0 Å². The maximum absolute atomic E-state index is 14.7. The van der Waals surface area contributed by atoms with Crippen molar-refractivity contribution in [3.63, 3.8) is 0 Å². The molecule has 1 aromatic rings. The summed E-state index contributed by atoms with van der Waals surface area (Å²) >= 11 is 0. The molecule has 5 fully saturated rings. The van der Waals surface area contributed by atoms with E-state index in [1.54, 1.807) is 20.8 Å². The number of halogens is 2. The van der Waals surface area contributed by atoms with E-state index < -0.39 is 87.0 Å². The number of nitrogens with zero attached hydrogens (tertiary/aromatic N) is 3. The smallest absolute Gasteiger partial charge is 0.408 e. The van der Waals surface area contributed by atoms with E-state index >= 15 is 0 Å². The van der Waals surface area contributed by atoms with E-state index in [-0.39, 0.29) is 25.0 Å². The highest BCUT2D eigenvalue weighted by Crippen LogP contribution is 2.50. The summed E-state index contributed by atoms with van der Waals surface area (Å²) in [5, 5.41) is 4.48. The Bertz CT molecular complexity index is 1970. The summed E-state index contributed by atoms with van der Waals surface area (Å²) in [7, 11) is -4.12. The number of nitrogens with one attached hydrogen (secondary N) is 3. The van der Waals surface area contributed by atoms with Crippen molar-refractivity contribution in [2.45, 2.75) is 127 Å². The summed E-state index contributed by atoms with van der Waals surface area (Å²) in [5.74, 6) is -3.59. The maximum Gasteiger partial charge on any atom is 0.408 e. The van der Waals surface area contributed by atoms with Crippen molar-refractivity contribution in [2.75, 3.05) is 13.1 Å². The summed E-state index contributed by atoms with van der Waals surface area (Å²) in [6, 6.07) is 5.55. The van der Waals surface area contributed by atoms with Crippen molar-refractivity contribution >= 4 is 45.5 Å². The van der Waals surface area contributed by atoms with Gasteiger partial charge in [0.15, 0.2) is 0 Å². The van der Waals surface area contributed by atoms with E-state index in [9.17, 15) is 36.4 Å². The molecule has 3 aliphatic heterocycles. The Morgan fingerprint density at radius 2 is 1.81 bits per heavy atom. The van der Waals surface area contributed by atoms with Crippen molar-refractivity contribution in [3.8, 4) is 0 Å². The zero-order valence-electron chi connectivity index (χ0n) is 32.5. The number of sulfonamides is 1. The lowest BCUT2D eigenvalue weighted by Gasteiger charge is -2.36. The fourth-order valence-electron chi connectivity index (χ4n) is 9.30. The fraction of sp³-hybridized carbons (Fsp3) is 0.675. The van der Waals surface area contributed by atoms with E-state index in [0.717, 1.165) is 36.9 Å². The Kier molecular flexibility index (Phi) is 10.3. The van der Waals surface area contributed by atoms with Gasteiger partial charge >= 0.3 is 6.09 Å². The lowest BCUT2D eigenvalue weighted by atomic mass is 9.78. The highest BCUT2D eigenvalue weighted by molar-refractivity contribution is 7.91. The number of fused-ring (bicyclic) bond motifs is 7. The molecule has 14 nitrogen and oxygen atoms in total. The number of rotatable bonds is 6. The number of para-hydroxylation sites is 1. The lowest BCUT2D eigenvalue weighted by Crippen LogP contribution is -2.60. The third-order valence-electron chi connectivity index (χ3n) is 12.9. The van der Waals surface area contributed by atoms with E-state index in [1.807, 2.05) is 33.9 Å². The van der Waals surface area contributed by atoms with Gasteiger partial charge < -0.3 is 29.9 Å². The maximum atomic E-state index is 14.7. The first-order valence-corrected chi connectivity index (χ1v) is 21.8. The number of aliphatic imine (C=N–C) groups is 1. The number of allylic oxidation sites excluding steroid dienone is 2. The van der Waals surface area contributed by atoms with Gasteiger partial charge in [0.05, 0.1) is 23.4 Å². The Morgan fingerprint density at radius 3 is 2.49 bits per heavy atom. The molecule has 7 aliphatic rings. The minimum absolute atomic E-state index is 0.0929. The van der Waals surface area contributed by atoms with Gasteiger partial charge in [-0.15, -0.1) is 0 Å². The van der Waals surface area contributed by atoms with Gasteiger partial charge in [0.2, 0.25) is 28.3 Å². The number of ether oxygens (including phenoxy) is 2. The molecule has 9 unspecified atom stereocenters. The van der Waals surface area contributed by atoms with Crippen molar-refractivity contribution in [1.29, 1.82) is 0 Å². The van der Waals surface area contributed by atoms with Crippen LogP contribution in [0.25, 0.3) is 0 Å². The van der Waals surface area contributed by atoms with Gasteiger partial charge in [0, 0.05) is 25.4 Å². The predicted octanol–water partition coefficient (Wildman–Crippen LogP) is 4.13. The van der Waals surface area contributed by atoms with Crippen LogP contribution in [0, 0.1) is 29.1 Å². The molecule has 4 amide bonds. The third kappa shape index (κ3) is 7.84. The molecule has 9 atom stereocenters. The summed E-state index contributed by atoms with van der Waals surface area (Å²) in [6.45, 7) is 6.36. The van der Waals surface area contributed by atoms with Crippen molar-refractivity contribution in [1.82, 2.24) is 25.2 Å². The summed E-state index contributed by atoms with van der Waals surface area (Å²) in [6.07, 6.45) is 3.84. The van der Waals surface area contributed by atoms with Crippen LogP contribution in [0.15, 0.2) is 41.4 Å². The number of hydrogen-bond donors (Lipinski definition) is 3. The van der Waals surface area contributed by atoms with Gasteiger partial charge in [0.1, 0.15) is 29.8 Å². The van der Waals surface area contributed by atoms with Crippen molar-refractivity contribution < 1.29 is 45.9 Å². The number of benzene rings is 1. The van der Waals surface area contributed by atoms with Crippen LogP contribution in [-0.2, 0) is 40.4 Å². The van der Waals surface area contributed by atoms with Crippen LogP contribution in [0.1, 0.15) is 84.1 Å². The molecule has 3 saturated carbocycles. The van der Waals surface area contributed by atoms with Crippen LogP contribution in [0.4, 0.5) is 19.3 Å². The zero-order chi connectivity index (χ0) is 40.4. The molecule has 2 saturated heterocycles. The summed E-state index contributed by atoms with van der Waals surface area (Å²) in [5.41, 5.74) is -1.32. The Hall–Kier alpha value is -4.28. The molecule has 0 aromatic heterocycles. The normalized spacial score (nSPS) is 34.1. The molecular formula is C40H52F2N6O8S. The molecule has 1 aromatic carbocycles. The first kappa shape index (κ1) is 39.5. The molecule has 4 aliphatic carbocycles. The van der Waals surface area contributed by atoms with Gasteiger partial charge in [-0.2, -0.15) is 4.99 Å². The number of carbonyl (C=O) groups excluding carboxylic acids is 4. The largest absolute Gasteiger partial charge is 0.460 e. The van der Waals surface area contributed by atoms with Crippen LogP contribution in [0.2, 0.25) is 0 Å². The molecule has 8 rings (SSSR count). The first-order valence-electron chi connectivity index (χ1n) is 20.2.